The smallest absolute Gasteiger partial charge is 0.322 e. The topological polar surface area (TPSA) is 90.4 Å². The molecular weight excluding hydrogens is 358 g/mol. The van der Waals surface area contributed by atoms with Gasteiger partial charge in [0.05, 0.1) is 6.61 Å². The van der Waals surface area contributed by atoms with Gasteiger partial charge >= 0.3 is 6.01 Å². The van der Waals surface area contributed by atoms with Gasteiger partial charge < -0.3 is 13.6 Å². The molecule has 0 aliphatic rings. The molecule has 2 aromatic carbocycles. The van der Waals surface area contributed by atoms with Gasteiger partial charge in [-0.1, -0.05) is 47.6 Å². The first-order chi connectivity index (χ1) is 13.7. The van der Waals surface area contributed by atoms with Crippen LogP contribution in [0.2, 0.25) is 0 Å². The fraction of sp³-hybridized carbons (Fsp3) is 0.190. The number of anilines is 1. The maximum atomic E-state index is 12.1. The largest absolute Gasteiger partial charge is 0.490 e. The van der Waals surface area contributed by atoms with E-state index in [1.807, 2.05) is 55.5 Å². The van der Waals surface area contributed by atoms with E-state index in [1.165, 1.54) is 0 Å². The van der Waals surface area contributed by atoms with Crippen LogP contribution >= 0.6 is 0 Å². The lowest BCUT2D eigenvalue weighted by Gasteiger charge is -2.02. The SMILES string of the molecule is CCOc1cccc2cc(-c3nnc(NC(=O)CCc4ccccc4)o3)oc12. The zero-order valence-corrected chi connectivity index (χ0v) is 15.3. The molecule has 4 aromatic rings. The first-order valence-corrected chi connectivity index (χ1v) is 9.06. The number of nitrogens with one attached hydrogen (secondary N) is 1. The minimum Gasteiger partial charge on any atom is -0.490 e. The van der Waals surface area contributed by atoms with Gasteiger partial charge in [0, 0.05) is 11.8 Å². The van der Waals surface area contributed by atoms with Crippen LogP contribution in [0.25, 0.3) is 22.6 Å². The molecule has 2 heterocycles. The highest BCUT2D eigenvalue weighted by molar-refractivity contribution is 5.89. The number of nitrogens with zero attached hydrogens (tertiary/aromatic N) is 2. The molecule has 0 saturated carbocycles. The van der Waals surface area contributed by atoms with Gasteiger partial charge in [-0.05, 0) is 31.0 Å². The molecule has 1 amide bonds. The van der Waals surface area contributed by atoms with E-state index in [-0.39, 0.29) is 17.8 Å². The van der Waals surface area contributed by atoms with Crippen molar-refractivity contribution in [3.63, 3.8) is 0 Å². The summed E-state index contributed by atoms with van der Waals surface area (Å²) in [6.45, 7) is 2.45. The van der Waals surface area contributed by atoms with Gasteiger partial charge in [-0.3, -0.25) is 10.1 Å². The van der Waals surface area contributed by atoms with Gasteiger partial charge in [0.2, 0.25) is 5.91 Å². The molecule has 0 radical (unpaired) electrons. The Bertz CT molecular complexity index is 1090. The summed E-state index contributed by atoms with van der Waals surface area (Å²) in [5.74, 6) is 1.07. The number of rotatable bonds is 7. The lowest BCUT2D eigenvalue weighted by molar-refractivity contribution is -0.116. The molecule has 4 rings (SSSR count). The van der Waals surface area contributed by atoms with Crippen LogP contribution in [0.1, 0.15) is 18.9 Å². The summed E-state index contributed by atoms with van der Waals surface area (Å²) < 4.78 is 16.9. The number of benzene rings is 2. The highest BCUT2D eigenvalue weighted by Gasteiger charge is 2.17. The Morgan fingerprint density at radius 1 is 1.07 bits per heavy atom. The van der Waals surface area contributed by atoms with E-state index in [9.17, 15) is 4.79 Å². The summed E-state index contributed by atoms with van der Waals surface area (Å²) in [5.41, 5.74) is 1.71. The average molecular weight is 377 g/mol. The molecule has 0 bridgehead atoms. The second-order valence-electron chi connectivity index (χ2n) is 6.16. The number of amides is 1. The highest BCUT2D eigenvalue weighted by Crippen LogP contribution is 2.33. The van der Waals surface area contributed by atoms with Crippen LogP contribution in [0, 0.1) is 0 Å². The minimum absolute atomic E-state index is 0.0403. The van der Waals surface area contributed by atoms with Crippen LogP contribution in [0.4, 0.5) is 6.01 Å². The first-order valence-electron chi connectivity index (χ1n) is 9.06. The Morgan fingerprint density at radius 2 is 1.93 bits per heavy atom. The molecule has 0 aliphatic heterocycles. The van der Waals surface area contributed by atoms with E-state index in [2.05, 4.69) is 15.5 Å². The van der Waals surface area contributed by atoms with Crippen molar-refractivity contribution in [1.82, 2.24) is 10.2 Å². The van der Waals surface area contributed by atoms with Crippen LogP contribution in [-0.4, -0.2) is 22.7 Å². The predicted molar refractivity (Wildman–Crippen MR) is 104 cm³/mol. The van der Waals surface area contributed by atoms with Crippen LogP contribution in [-0.2, 0) is 11.2 Å². The van der Waals surface area contributed by atoms with Gasteiger partial charge in [0.1, 0.15) is 0 Å². The van der Waals surface area contributed by atoms with E-state index in [4.69, 9.17) is 13.6 Å². The summed E-state index contributed by atoms with van der Waals surface area (Å²) in [4.78, 5) is 12.1. The third kappa shape index (κ3) is 3.88. The summed E-state index contributed by atoms with van der Waals surface area (Å²) in [7, 11) is 0. The number of hydrogen-bond acceptors (Lipinski definition) is 6. The Labute approximate surface area is 161 Å². The van der Waals surface area contributed by atoms with E-state index in [1.54, 1.807) is 6.07 Å². The van der Waals surface area contributed by atoms with Crippen molar-refractivity contribution in [1.29, 1.82) is 0 Å². The van der Waals surface area contributed by atoms with Gasteiger partial charge in [-0.2, -0.15) is 0 Å². The maximum Gasteiger partial charge on any atom is 0.322 e. The summed E-state index contributed by atoms with van der Waals surface area (Å²) in [6, 6.07) is 17.3. The standard InChI is InChI=1S/C21H19N3O4/c1-2-26-16-10-6-9-15-13-17(27-19(15)16)20-23-24-21(28-20)22-18(25)12-11-14-7-4-3-5-8-14/h3-10,13H,2,11-12H2,1H3,(H,22,24,25). The molecule has 28 heavy (non-hydrogen) atoms. The molecule has 7 heteroatoms. The Hall–Kier alpha value is -3.61. The van der Waals surface area contributed by atoms with Gasteiger partial charge in [-0.15, -0.1) is 5.10 Å². The quantitative estimate of drug-likeness (QED) is 0.512. The maximum absolute atomic E-state index is 12.1. The second kappa shape index (κ2) is 7.96. The normalized spacial score (nSPS) is 10.9. The van der Waals surface area contributed by atoms with Crippen LogP contribution in [0.3, 0.4) is 0 Å². The van der Waals surface area contributed by atoms with Crippen molar-refractivity contribution in [3.05, 3.63) is 60.2 Å². The molecule has 0 saturated heterocycles. The van der Waals surface area contributed by atoms with Crippen molar-refractivity contribution in [3.8, 4) is 17.4 Å². The average Bonchev–Trinajstić information content (AvgIpc) is 3.35. The number of fused-ring (bicyclic) bond motifs is 1. The number of aromatic nitrogens is 2. The molecule has 0 aliphatic carbocycles. The van der Waals surface area contributed by atoms with Crippen molar-refractivity contribution >= 4 is 22.9 Å². The van der Waals surface area contributed by atoms with Gasteiger partial charge in [-0.25, -0.2) is 0 Å². The molecule has 1 N–H and O–H groups in total. The number of furan rings is 1. The van der Waals surface area contributed by atoms with Crippen LogP contribution < -0.4 is 10.1 Å². The molecule has 0 fully saturated rings. The fourth-order valence-electron chi connectivity index (χ4n) is 2.87. The lowest BCUT2D eigenvalue weighted by Crippen LogP contribution is -2.12. The Morgan fingerprint density at radius 3 is 2.75 bits per heavy atom. The molecule has 0 unspecified atom stereocenters. The Kier molecular flexibility index (Phi) is 5.05. The molecule has 0 atom stereocenters. The molecular formula is C21H19N3O4. The first kappa shape index (κ1) is 17.8. The number of carbonyl (C=O) groups excluding carboxylic acids is 1. The fourth-order valence-corrected chi connectivity index (χ4v) is 2.87. The number of aryl methyl sites for hydroxylation is 1. The Balaban J connectivity index is 1.45. The lowest BCUT2D eigenvalue weighted by atomic mass is 10.1. The van der Waals surface area contributed by atoms with E-state index < -0.39 is 0 Å². The summed E-state index contributed by atoms with van der Waals surface area (Å²) >= 11 is 0. The molecule has 7 nitrogen and oxygen atoms in total. The van der Waals surface area contributed by atoms with E-state index in [0.717, 1.165) is 10.9 Å². The van der Waals surface area contributed by atoms with Crippen LogP contribution in [0.5, 0.6) is 5.75 Å². The van der Waals surface area contributed by atoms with Gasteiger partial charge in [0.25, 0.3) is 5.89 Å². The molecule has 142 valence electrons. The molecule has 2 aromatic heterocycles. The van der Waals surface area contributed by atoms with Crippen molar-refractivity contribution < 1.29 is 18.4 Å². The minimum atomic E-state index is -0.192. The predicted octanol–water partition coefficient (Wildman–Crippen LogP) is 4.45. The highest BCUT2D eigenvalue weighted by atomic mass is 16.5. The van der Waals surface area contributed by atoms with Crippen molar-refractivity contribution in [2.45, 2.75) is 19.8 Å². The monoisotopic (exact) mass is 377 g/mol. The van der Waals surface area contributed by atoms with Crippen molar-refractivity contribution in [2.24, 2.45) is 0 Å². The van der Waals surface area contributed by atoms with E-state index in [0.29, 0.717) is 36.5 Å². The zero-order chi connectivity index (χ0) is 19.3. The summed E-state index contributed by atoms with van der Waals surface area (Å²) in [6.07, 6.45) is 0.960. The number of ether oxygens (including phenoxy) is 1. The summed E-state index contributed by atoms with van der Waals surface area (Å²) in [5, 5.41) is 11.3. The third-order valence-corrected chi connectivity index (χ3v) is 4.17. The number of hydrogen-bond donors (Lipinski definition) is 1. The zero-order valence-electron chi connectivity index (χ0n) is 15.3. The van der Waals surface area contributed by atoms with Crippen molar-refractivity contribution in [2.75, 3.05) is 11.9 Å². The number of carbonyl (C=O) groups is 1. The second-order valence-corrected chi connectivity index (χ2v) is 6.16. The van der Waals surface area contributed by atoms with E-state index >= 15 is 0 Å². The molecule has 0 spiro atoms. The third-order valence-electron chi connectivity index (χ3n) is 4.17. The van der Waals surface area contributed by atoms with Crippen LogP contribution in [0.15, 0.2) is 63.4 Å². The van der Waals surface area contributed by atoms with Gasteiger partial charge in [0.15, 0.2) is 17.1 Å². The number of para-hydroxylation sites is 1.